The van der Waals surface area contributed by atoms with Gasteiger partial charge < -0.3 is 10.1 Å². The van der Waals surface area contributed by atoms with Crippen LogP contribution < -0.4 is 14.8 Å². The molecule has 0 aliphatic rings. The highest BCUT2D eigenvalue weighted by molar-refractivity contribution is 7.92. The molecule has 29 heavy (non-hydrogen) atoms. The molecule has 0 spiro atoms. The Morgan fingerprint density at radius 2 is 1.62 bits per heavy atom. The number of amides is 1. The number of carbonyl (C=O) groups excluding carboxylic acids is 1. The molecule has 6 nitrogen and oxygen atoms in total. The lowest BCUT2D eigenvalue weighted by molar-refractivity contribution is 0.102. The molecule has 0 unspecified atom stereocenters. The van der Waals surface area contributed by atoms with Crippen molar-refractivity contribution < 1.29 is 26.7 Å². The summed E-state index contributed by atoms with van der Waals surface area (Å²) in [4.78, 5) is 12.2. The van der Waals surface area contributed by atoms with Gasteiger partial charge in [-0.3, -0.25) is 9.52 Å². The molecule has 0 radical (unpaired) electrons. The molecule has 0 heterocycles. The van der Waals surface area contributed by atoms with Crippen LogP contribution in [0.2, 0.25) is 0 Å². The molecule has 9 heteroatoms. The second kappa shape index (κ2) is 8.27. The van der Waals surface area contributed by atoms with Gasteiger partial charge in [0.1, 0.15) is 17.4 Å². The molecule has 0 saturated heterocycles. The Balaban J connectivity index is 1.77. The highest BCUT2D eigenvalue weighted by atomic mass is 32.2. The number of ether oxygens (including phenoxy) is 1. The summed E-state index contributed by atoms with van der Waals surface area (Å²) in [5.74, 6) is -2.00. The van der Waals surface area contributed by atoms with Gasteiger partial charge in [-0.25, -0.2) is 17.2 Å². The third-order valence-corrected chi connectivity index (χ3v) is 5.34. The summed E-state index contributed by atoms with van der Waals surface area (Å²) in [6, 6.07) is 14.3. The maximum atomic E-state index is 13.7. The van der Waals surface area contributed by atoms with Crippen molar-refractivity contribution in [1.82, 2.24) is 0 Å². The minimum atomic E-state index is -3.92. The summed E-state index contributed by atoms with van der Waals surface area (Å²) in [7, 11) is -2.50. The average molecular weight is 418 g/mol. The number of carbonyl (C=O) groups is 1. The zero-order chi connectivity index (χ0) is 21.0. The van der Waals surface area contributed by atoms with E-state index in [1.165, 1.54) is 31.4 Å². The van der Waals surface area contributed by atoms with E-state index >= 15 is 0 Å². The molecule has 0 fully saturated rings. The van der Waals surface area contributed by atoms with Gasteiger partial charge in [-0.05, 0) is 48.5 Å². The van der Waals surface area contributed by atoms with Crippen LogP contribution in [0.3, 0.4) is 0 Å². The van der Waals surface area contributed by atoms with Gasteiger partial charge in [0.15, 0.2) is 0 Å². The fourth-order valence-corrected chi connectivity index (χ4v) is 3.57. The number of halogens is 2. The quantitative estimate of drug-likeness (QED) is 0.633. The monoisotopic (exact) mass is 418 g/mol. The van der Waals surface area contributed by atoms with E-state index in [1.807, 2.05) is 0 Å². The highest BCUT2D eigenvalue weighted by Gasteiger charge is 2.17. The van der Waals surface area contributed by atoms with E-state index in [4.69, 9.17) is 4.74 Å². The van der Waals surface area contributed by atoms with Gasteiger partial charge in [-0.2, -0.15) is 0 Å². The largest absolute Gasteiger partial charge is 0.495 e. The lowest BCUT2D eigenvalue weighted by atomic mass is 10.2. The predicted octanol–water partition coefficient (Wildman–Crippen LogP) is 4.03. The second-order valence-corrected chi connectivity index (χ2v) is 7.59. The van der Waals surface area contributed by atoms with Crippen LogP contribution in [0.5, 0.6) is 5.75 Å². The highest BCUT2D eigenvalue weighted by Crippen LogP contribution is 2.26. The Hall–Kier alpha value is -3.46. The van der Waals surface area contributed by atoms with Crippen molar-refractivity contribution in [3.63, 3.8) is 0 Å². The van der Waals surface area contributed by atoms with E-state index in [-0.39, 0.29) is 21.8 Å². The third-order valence-electron chi connectivity index (χ3n) is 3.96. The van der Waals surface area contributed by atoms with E-state index in [0.717, 1.165) is 12.1 Å². The van der Waals surface area contributed by atoms with Gasteiger partial charge in [-0.1, -0.05) is 12.1 Å². The molecule has 0 aromatic heterocycles. The fraction of sp³-hybridized carbons (Fsp3) is 0.0500. The van der Waals surface area contributed by atoms with Crippen LogP contribution in [0.1, 0.15) is 10.4 Å². The minimum absolute atomic E-state index is 0.0760. The summed E-state index contributed by atoms with van der Waals surface area (Å²) in [6.07, 6.45) is 0. The first-order chi connectivity index (χ1) is 13.8. The molecule has 3 aromatic carbocycles. The van der Waals surface area contributed by atoms with Crippen LogP contribution in [0, 0.1) is 11.6 Å². The smallest absolute Gasteiger partial charge is 0.262 e. The molecule has 2 N–H and O–H groups in total. The lowest BCUT2D eigenvalue weighted by Crippen LogP contribution is -2.15. The van der Waals surface area contributed by atoms with Crippen molar-refractivity contribution >= 4 is 27.3 Å². The third kappa shape index (κ3) is 4.69. The Bertz CT molecular complexity index is 1150. The molecular weight excluding hydrogens is 402 g/mol. The number of benzene rings is 3. The molecule has 0 bridgehead atoms. The SMILES string of the molecule is COc1ccccc1NS(=O)(=O)c1ccc(C(=O)Nc2ccc(F)cc2F)cc1. The zero-order valence-electron chi connectivity index (χ0n) is 15.1. The zero-order valence-corrected chi connectivity index (χ0v) is 16.0. The van der Waals surface area contributed by atoms with Crippen LogP contribution in [0.4, 0.5) is 20.2 Å². The number of rotatable bonds is 6. The van der Waals surface area contributed by atoms with Crippen LogP contribution in [0.25, 0.3) is 0 Å². The number of hydrogen-bond donors (Lipinski definition) is 2. The van der Waals surface area contributed by atoms with Gasteiger partial charge in [-0.15, -0.1) is 0 Å². The van der Waals surface area contributed by atoms with E-state index in [2.05, 4.69) is 10.0 Å². The van der Waals surface area contributed by atoms with Crippen LogP contribution in [0.15, 0.2) is 71.6 Å². The second-order valence-electron chi connectivity index (χ2n) is 5.91. The molecule has 1 amide bonds. The molecule has 0 saturated carbocycles. The van der Waals surface area contributed by atoms with Crippen LogP contribution in [-0.4, -0.2) is 21.4 Å². The van der Waals surface area contributed by atoms with Crippen molar-refractivity contribution in [2.24, 2.45) is 0 Å². The molecule has 0 atom stereocenters. The molecule has 150 valence electrons. The maximum Gasteiger partial charge on any atom is 0.262 e. The van der Waals surface area contributed by atoms with Crippen molar-refractivity contribution in [2.75, 3.05) is 17.1 Å². The van der Waals surface area contributed by atoms with Gasteiger partial charge in [0.05, 0.1) is 23.4 Å². The number of nitrogens with one attached hydrogen (secondary N) is 2. The molecule has 0 aliphatic carbocycles. The van der Waals surface area contributed by atoms with Crippen molar-refractivity contribution in [3.8, 4) is 5.75 Å². The molecule has 0 aliphatic heterocycles. The van der Waals surface area contributed by atoms with E-state index in [1.54, 1.807) is 24.3 Å². The number of anilines is 2. The Morgan fingerprint density at radius 3 is 2.28 bits per heavy atom. The topological polar surface area (TPSA) is 84.5 Å². The van der Waals surface area contributed by atoms with E-state index in [0.29, 0.717) is 11.8 Å². The summed E-state index contributed by atoms with van der Waals surface area (Å²) < 4.78 is 59.3. The molecular formula is C20H16F2N2O4S. The number of hydrogen-bond acceptors (Lipinski definition) is 4. The Morgan fingerprint density at radius 1 is 0.931 bits per heavy atom. The van der Waals surface area contributed by atoms with Gasteiger partial charge in [0, 0.05) is 11.6 Å². The first-order valence-corrected chi connectivity index (χ1v) is 9.81. The lowest BCUT2D eigenvalue weighted by Gasteiger charge is -2.12. The first-order valence-electron chi connectivity index (χ1n) is 8.32. The standard InChI is InChI=1S/C20H16F2N2O4S/c1-28-19-5-3-2-4-18(19)24-29(26,27)15-9-6-13(7-10-15)20(25)23-17-11-8-14(21)12-16(17)22/h2-12,24H,1H3,(H,23,25). The van der Waals surface area contributed by atoms with Crippen LogP contribution >= 0.6 is 0 Å². The first kappa shape index (κ1) is 20.3. The van der Waals surface area contributed by atoms with Crippen molar-refractivity contribution in [1.29, 1.82) is 0 Å². The summed E-state index contributed by atoms with van der Waals surface area (Å²) >= 11 is 0. The van der Waals surface area contributed by atoms with E-state index < -0.39 is 27.6 Å². The van der Waals surface area contributed by atoms with E-state index in [9.17, 15) is 22.0 Å². The maximum absolute atomic E-state index is 13.7. The number of methoxy groups -OCH3 is 1. The summed E-state index contributed by atoms with van der Waals surface area (Å²) in [5.41, 5.74) is 0.180. The van der Waals surface area contributed by atoms with Crippen LogP contribution in [-0.2, 0) is 10.0 Å². The van der Waals surface area contributed by atoms with Gasteiger partial charge >= 0.3 is 0 Å². The molecule has 3 rings (SSSR count). The fourth-order valence-electron chi connectivity index (χ4n) is 2.50. The summed E-state index contributed by atoms with van der Waals surface area (Å²) in [6.45, 7) is 0. The van der Waals surface area contributed by atoms with Gasteiger partial charge in [0.2, 0.25) is 0 Å². The number of para-hydroxylation sites is 2. The molecule has 3 aromatic rings. The predicted molar refractivity (Wildman–Crippen MR) is 105 cm³/mol. The Kier molecular flexibility index (Phi) is 5.79. The van der Waals surface area contributed by atoms with Gasteiger partial charge in [0.25, 0.3) is 15.9 Å². The van der Waals surface area contributed by atoms with Crippen molar-refractivity contribution in [3.05, 3.63) is 83.9 Å². The Labute approximate surface area is 166 Å². The minimum Gasteiger partial charge on any atom is -0.495 e. The summed E-state index contributed by atoms with van der Waals surface area (Å²) in [5, 5.41) is 2.30. The number of sulfonamides is 1. The van der Waals surface area contributed by atoms with Crippen molar-refractivity contribution in [2.45, 2.75) is 4.90 Å². The normalized spacial score (nSPS) is 11.0. The average Bonchev–Trinajstić information content (AvgIpc) is 2.70.